The summed E-state index contributed by atoms with van der Waals surface area (Å²) in [5.41, 5.74) is 5.17. The van der Waals surface area contributed by atoms with Crippen LogP contribution in [0, 0.1) is 20.8 Å². The highest BCUT2D eigenvalue weighted by Crippen LogP contribution is 2.40. The van der Waals surface area contributed by atoms with Gasteiger partial charge in [-0.05, 0) is 51.8 Å². The van der Waals surface area contributed by atoms with Crippen LogP contribution in [0.5, 0.6) is 0 Å². The Kier molecular flexibility index (Phi) is 5.38. The molecule has 0 saturated heterocycles. The maximum absolute atomic E-state index is 13.0. The van der Waals surface area contributed by atoms with Gasteiger partial charge in [0.05, 0.1) is 5.75 Å². The Bertz CT molecular complexity index is 1040. The van der Waals surface area contributed by atoms with Gasteiger partial charge in [-0.1, -0.05) is 43.3 Å². The predicted molar refractivity (Wildman–Crippen MR) is 117 cm³/mol. The van der Waals surface area contributed by atoms with Gasteiger partial charge in [-0.15, -0.1) is 10.2 Å². The molecular weight excluding hydrogens is 380 g/mol. The zero-order valence-electron chi connectivity index (χ0n) is 17.8. The molecule has 6 heteroatoms. The van der Waals surface area contributed by atoms with Gasteiger partial charge in [0, 0.05) is 34.6 Å². The Morgan fingerprint density at radius 1 is 1.14 bits per heavy atom. The summed E-state index contributed by atoms with van der Waals surface area (Å²) >= 11 is 1.51. The molecule has 0 amide bonds. The first-order valence-corrected chi connectivity index (χ1v) is 11.2. The molecule has 1 aromatic carbocycles. The van der Waals surface area contributed by atoms with Crippen LogP contribution in [0.3, 0.4) is 0 Å². The van der Waals surface area contributed by atoms with Crippen molar-refractivity contribution < 1.29 is 4.79 Å². The quantitative estimate of drug-likeness (QED) is 0.386. The number of benzene rings is 1. The summed E-state index contributed by atoms with van der Waals surface area (Å²) in [4.78, 5) is 13.0. The molecule has 0 spiro atoms. The third-order valence-electron chi connectivity index (χ3n) is 5.48. The number of Topliss-reactive ketones (excluding diaryl/α,β-unsaturated/α-hetero) is 1. The van der Waals surface area contributed by atoms with Crippen LogP contribution in [0.25, 0.3) is 5.69 Å². The summed E-state index contributed by atoms with van der Waals surface area (Å²) in [7, 11) is 0. The second-order valence-corrected chi connectivity index (χ2v) is 9.21. The van der Waals surface area contributed by atoms with Crippen molar-refractivity contribution in [2.75, 3.05) is 5.75 Å². The summed E-state index contributed by atoms with van der Waals surface area (Å²) in [5, 5.41) is 9.64. The highest BCUT2D eigenvalue weighted by atomic mass is 32.2. The van der Waals surface area contributed by atoms with Gasteiger partial charge in [-0.2, -0.15) is 0 Å². The molecule has 1 aliphatic carbocycles. The van der Waals surface area contributed by atoms with E-state index >= 15 is 0 Å². The van der Waals surface area contributed by atoms with Gasteiger partial charge in [0.2, 0.25) is 0 Å². The number of rotatable bonds is 7. The Morgan fingerprint density at radius 3 is 2.45 bits per heavy atom. The van der Waals surface area contributed by atoms with Crippen LogP contribution in [0.2, 0.25) is 0 Å². The van der Waals surface area contributed by atoms with Crippen molar-refractivity contribution in [1.29, 1.82) is 0 Å². The number of carbonyl (C=O) groups excluding carboxylic acids is 1. The minimum absolute atomic E-state index is 0.137. The van der Waals surface area contributed by atoms with E-state index in [4.69, 9.17) is 0 Å². The molecule has 1 fully saturated rings. The summed E-state index contributed by atoms with van der Waals surface area (Å²) in [5.74, 6) is 1.88. The maximum atomic E-state index is 13.0. The molecule has 0 bridgehead atoms. The molecule has 2 heterocycles. The number of aromatic nitrogens is 4. The monoisotopic (exact) mass is 408 g/mol. The van der Waals surface area contributed by atoms with Crippen molar-refractivity contribution in [3.8, 4) is 5.69 Å². The molecule has 29 heavy (non-hydrogen) atoms. The van der Waals surface area contributed by atoms with Crippen molar-refractivity contribution in [3.63, 3.8) is 0 Å². The number of carbonyl (C=O) groups is 1. The second kappa shape index (κ2) is 7.82. The summed E-state index contributed by atoms with van der Waals surface area (Å²) < 4.78 is 4.40. The standard InChI is InChI=1S/C23H28N4OS/c1-14(2)22-24-25-23(27(22)19-10-11-19)29-13-21(28)20-12-16(4)26(17(20)5)18-8-6-15(3)7-9-18/h6-9,12,14,19H,10-11,13H2,1-5H3. The van der Waals surface area contributed by atoms with E-state index in [-0.39, 0.29) is 5.78 Å². The Labute approximate surface area is 176 Å². The molecule has 1 aliphatic rings. The fourth-order valence-electron chi connectivity index (χ4n) is 3.80. The fourth-order valence-corrected chi connectivity index (χ4v) is 4.70. The molecule has 0 aliphatic heterocycles. The second-order valence-electron chi connectivity index (χ2n) is 8.26. The zero-order valence-corrected chi connectivity index (χ0v) is 18.6. The van der Waals surface area contributed by atoms with E-state index in [1.807, 2.05) is 13.0 Å². The molecule has 0 N–H and O–H groups in total. The molecule has 5 nitrogen and oxygen atoms in total. The van der Waals surface area contributed by atoms with Gasteiger partial charge in [-0.25, -0.2) is 0 Å². The molecule has 0 atom stereocenters. The molecule has 0 unspecified atom stereocenters. The third kappa shape index (κ3) is 3.90. The SMILES string of the molecule is Cc1ccc(-n2c(C)cc(C(=O)CSc3nnc(C(C)C)n3C3CC3)c2C)cc1. The van der Waals surface area contributed by atoms with Gasteiger partial charge in [0.15, 0.2) is 10.9 Å². The lowest BCUT2D eigenvalue weighted by molar-refractivity contribution is 0.102. The summed E-state index contributed by atoms with van der Waals surface area (Å²) in [6, 6.07) is 10.9. The lowest BCUT2D eigenvalue weighted by Crippen LogP contribution is -2.08. The Morgan fingerprint density at radius 2 is 1.83 bits per heavy atom. The van der Waals surface area contributed by atoms with Crippen LogP contribution in [-0.2, 0) is 0 Å². The van der Waals surface area contributed by atoms with Gasteiger partial charge < -0.3 is 9.13 Å². The van der Waals surface area contributed by atoms with E-state index in [1.165, 1.54) is 30.2 Å². The molecule has 2 aromatic heterocycles. The largest absolute Gasteiger partial charge is 0.318 e. The summed E-state index contributed by atoms with van der Waals surface area (Å²) in [6.45, 7) is 10.4. The average Bonchev–Trinajstić information content (AvgIpc) is 3.36. The normalized spacial score (nSPS) is 14.0. The van der Waals surface area contributed by atoms with Crippen LogP contribution in [0.1, 0.15) is 71.8 Å². The van der Waals surface area contributed by atoms with Crippen LogP contribution in [0.15, 0.2) is 35.5 Å². The number of nitrogens with zero attached hydrogens (tertiary/aromatic N) is 4. The predicted octanol–water partition coefficient (Wildman–Crippen LogP) is 5.43. The summed E-state index contributed by atoms with van der Waals surface area (Å²) in [6.07, 6.45) is 2.36. The lowest BCUT2D eigenvalue weighted by atomic mass is 10.2. The Hall–Kier alpha value is -2.34. The van der Waals surface area contributed by atoms with Crippen LogP contribution >= 0.6 is 11.8 Å². The maximum Gasteiger partial charge on any atom is 0.191 e. The Balaban J connectivity index is 1.54. The first-order chi connectivity index (χ1) is 13.9. The lowest BCUT2D eigenvalue weighted by Gasteiger charge is -2.11. The highest BCUT2D eigenvalue weighted by molar-refractivity contribution is 7.99. The first kappa shape index (κ1) is 20.0. The average molecular weight is 409 g/mol. The molecule has 1 saturated carbocycles. The number of ketones is 1. The number of thioether (sulfide) groups is 1. The molecule has 3 aromatic rings. The zero-order chi connectivity index (χ0) is 20.7. The molecular formula is C23H28N4OS. The van der Waals surface area contributed by atoms with Crippen molar-refractivity contribution >= 4 is 17.5 Å². The third-order valence-corrected chi connectivity index (χ3v) is 6.42. The number of hydrogen-bond donors (Lipinski definition) is 0. The van der Waals surface area contributed by atoms with Gasteiger partial charge in [0.25, 0.3) is 0 Å². The van der Waals surface area contributed by atoms with Crippen molar-refractivity contribution in [1.82, 2.24) is 19.3 Å². The topological polar surface area (TPSA) is 52.7 Å². The van der Waals surface area contributed by atoms with E-state index in [0.29, 0.717) is 17.7 Å². The molecule has 0 radical (unpaired) electrons. The van der Waals surface area contributed by atoms with Crippen LogP contribution < -0.4 is 0 Å². The van der Waals surface area contributed by atoms with Gasteiger partial charge in [0.1, 0.15) is 5.82 Å². The van der Waals surface area contributed by atoms with Crippen molar-refractivity contribution in [3.05, 3.63) is 58.7 Å². The number of aryl methyl sites for hydroxylation is 2. The molecule has 4 rings (SSSR count). The highest BCUT2D eigenvalue weighted by Gasteiger charge is 2.30. The van der Waals surface area contributed by atoms with Crippen LogP contribution in [0.4, 0.5) is 0 Å². The van der Waals surface area contributed by atoms with E-state index in [0.717, 1.165) is 33.6 Å². The minimum atomic E-state index is 0.137. The van der Waals surface area contributed by atoms with Gasteiger partial charge in [-0.3, -0.25) is 4.79 Å². The van der Waals surface area contributed by atoms with E-state index in [1.54, 1.807) is 0 Å². The van der Waals surface area contributed by atoms with Gasteiger partial charge >= 0.3 is 0 Å². The number of hydrogen-bond acceptors (Lipinski definition) is 4. The minimum Gasteiger partial charge on any atom is -0.318 e. The smallest absolute Gasteiger partial charge is 0.191 e. The fraction of sp³-hybridized carbons (Fsp3) is 0.435. The van der Waals surface area contributed by atoms with E-state index in [9.17, 15) is 4.79 Å². The van der Waals surface area contributed by atoms with E-state index in [2.05, 4.69) is 71.3 Å². The molecule has 152 valence electrons. The van der Waals surface area contributed by atoms with Crippen molar-refractivity contribution in [2.45, 2.75) is 64.6 Å². The van der Waals surface area contributed by atoms with E-state index < -0.39 is 0 Å². The first-order valence-electron chi connectivity index (χ1n) is 10.2. The van der Waals surface area contributed by atoms with Crippen LogP contribution in [-0.4, -0.2) is 30.9 Å². The van der Waals surface area contributed by atoms with Crippen molar-refractivity contribution in [2.24, 2.45) is 0 Å².